The van der Waals surface area contributed by atoms with Crippen LogP contribution in [0.2, 0.25) is 0 Å². The van der Waals surface area contributed by atoms with Gasteiger partial charge in [0.1, 0.15) is 0 Å². The number of anilines is 1. The molecule has 0 unspecified atom stereocenters. The van der Waals surface area contributed by atoms with Crippen molar-refractivity contribution in [2.45, 2.75) is 4.90 Å². The van der Waals surface area contributed by atoms with Crippen LogP contribution in [0.25, 0.3) is 0 Å². The first-order valence-corrected chi connectivity index (χ1v) is 6.89. The molecule has 0 aliphatic heterocycles. The topological polar surface area (TPSA) is 61.4 Å². The molecular formula is C11H19N3O2S. The molecule has 2 N–H and O–H groups in total. The van der Waals surface area contributed by atoms with Crippen molar-refractivity contribution in [1.29, 1.82) is 0 Å². The molecule has 0 radical (unpaired) electrons. The fourth-order valence-corrected chi connectivity index (χ4v) is 2.14. The molecule has 0 fully saturated rings. The van der Waals surface area contributed by atoms with Crippen LogP contribution in [0.1, 0.15) is 0 Å². The van der Waals surface area contributed by atoms with Crippen molar-refractivity contribution < 1.29 is 8.42 Å². The molecule has 0 saturated carbocycles. The predicted molar refractivity (Wildman–Crippen MR) is 69.9 cm³/mol. The van der Waals surface area contributed by atoms with Crippen LogP contribution < -0.4 is 14.9 Å². The molecular weight excluding hydrogens is 238 g/mol. The van der Waals surface area contributed by atoms with Crippen molar-refractivity contribution in [3.8, 4) is 0 Å². The molecule has 0 aromatic heterocycles. The Bertz CT molecular complexity index is 442. The second kappa shape index (κ2) is 6.00. The summed E-state index contributed by atoms with van der Waals surface area (Å²) in [6.45, 7) is 1.75. The lowest BCUT2D eigenvalue weighted by atomic mass is 10.3. The monoisotopic (exact) mass is 257 g/mol. The smallest absolute Gasteiger partial charge is 0.240 e. The molecule has 0 aliphatic rings. The van der Waals surface area contributed by atoms with Crippen molar-refractivity contribution in [2.75, 3.05) is 39.1 Å². The highest BCUT2D eigenvalue weighted by molar-refractivity contribution is 7.89. The number of nitrogens with one attached hydrogen (secondary N) is 2. The minimum atomic E-state index is -3.34. The highest BCUT2D eigenvalue weighted by Crippen LogP contribution is 2.16. The van der Waals surface area contributed by atoms with E-state index in [-0.39, 0.29) is 4.90 Å². The zero-order valence-corrected chi connectivity index (χ0v) is 11.2. The zero-order chi connectivity index (χ0) is 12.9. The van der Waals surface area contributed by atoms with E-state index in [9.17, 15) is 8.42 Å². The van der Waals surface area contributed by atoms with Gasteiger partial charge in [-0.1, -0.05) is 0 Å². The molecule has 0 saturated heterocycles. The molecule has 0 amide bonds. The number of benzene rings is 1. The van der Waals surface area contributed by atoms with Crippen molar-refractivity contribution in [3.63, 3.8) is 0 Å². The largest absolute Gasteiger partial charge is 0.373 e. The van der Waals surface area contributed by atoms with E-state index in [0.29, 0.717) is 0 Å². The fraction of sp³-hybridized carbons (Fsp3) is 0.455. The van der Waals surface area contributed by atoms with Crippen LogP contribution in [0.4, 0.5) is 5.69 Å². The Balaban J connectivity index is 2.81. The summed E-state index contributed by atoms with van der Waals surface area (Å²) in [6.07, 6.45) is 0. The Morgan fingerprint density at radius 3 is 2.24 bits per heavy atom. The third-order valence-corrected chi connectivity index (χ3v) is 3.98. The van der Waals surface area contributed by atoms with Crippen LogP contribution in [0.5, 0.6) is 0 Å². The van der Waals surface area contributed by atoms with E-state index >= 15 is 0 Å². The van der Waals surface area contributed by atoms with Crippen molar-refractivity contribution in [3.05, 3.63) is 24.3 Å². The first-order chi connectivity index (χ1) is 8.01. The van der Waals surface area contributed by atoms with Gasteiger partial charge >= 0.3 is 0 Å². The minimum Gasteiger partial charge on any atom is -0.373 e. The summed E-state index contributed by atoms with van der Waals surface area (Å²) < 4.78 is 25.3. The molecule has 5 nitrogen and oxygen atoms in total. The van der Waals surface area contributed by atoms with Crippen LogP contribution >= 0.6 is 0 Å². The van der Waals surface area contributed by atoms with Gasteiger partial charge in [-0.3, -0.25) is 0 Å². The number of hydrogen-bond donors (Lipinski definition) is 2. The van der Waals surface area contributed by atoms with Gasteiger partial charge in [0, 0.05) is 25.8 Å². The average Bonchev–Trinajstić information content (AvgIpc) is 2.36. The molecule has 1 aromatic rings. The van der Waals surface area contributed by atoms with E-state index in [2.05, 4.69) is 14.9 Å². The molecule has 1 aromatic carbocycles. The van der Waals surface area contributed by atoms with Crippen molar-refractivity contribution in [1.82, 2.24) is 10.0 Å². The van der Waals surface area contributed by atoms with Gasteiger partial charge in [-0.05, 0) is 38.4 Å². The van der Waals surface area contributed by atoms with Crippen LogP contribution in [-0.4, -0.2) is 42.7 Å². The minimum absolute atomic E-state index is 0.283. The summed E-state index contributed by atoms with van der Waals surface area (Å²) in [5.74, 6) is 0. The maximum absolute atomic E-state index is 11.5. The highest BCUT2D eigenvalue weighted by Gasteiger charge is 2.10. The normalized spacial score (nSPS) is 11.5. The van der Waals surface area contributed by atoms with Crippen LogP contribution in [-0.2, 0) is 10.0 Å². The predicted octanol–water partition coefficient (Wildman–Crippen LogP) is 0.250. The lowest BCUT2D eigenvalue weighted by Gasteiger charge is -2.19. The first kappa shape index (κ1) is 14.0. The Labute approximate surface area is 103 Å². The van der Waals surface area contributed by atoms with E-state index < -0.39 is 10.0 Å². The first-order valence-electron chi connectivity index (χ1n) is 5.40. The van der Waals surface area contributed by atoms with Crippen LogP contribution in [0.3, 0.4) is 0 Å². The van der Waals surface area contributed by atoms with Gasteiger partial charge in [0.2, 0.25) is 10.0 Å². The van der Waals surface area contributed by atoms with Crippen LogP contribution in [0.15, 0.2) is 29.2 Å². The third kappa shape index (κ3) is 3.69. The Morgan fingerprint density at radius 1 is 1.18 bits per heavy atom. The Kier molecular flexibility index (Phi) is 4.92. The van der Waals surface area contributed by atoms with Crippen LogP contribution in [0, 0.1) is 0 Å². The summed E-state index contributed by atoms with van der Waals surface area (Å²) in [5.41, 5.74) is 0.996. The summed E-state index contributed by atoms with van der Waals surface area (Å²) in [6, 6.07) is 6.83. The molecule has 0 atom stereocenters. The number of nitrogens with zero attached hydrogens (tertiary/aromatic N) is 1. The van der Waals surface area contributed by atoms with Crippen molar-refractivity contribution in [2.24, 2.45) is 0 Å². The van der Waals surface area contributed by atoms with Gasteiger partial charge in [0.05, 0.1) is 4.90 Å². The summed E-state index contributed by atoms with van der Waals surface area (Å²) >= 11 is 0. The second-order valence-corrected chi connectivity index (χ2v) is 5.61. The lowest BCUT2D eigenvalue weighted by Crippen LogP contribution is -2.27. The summed E-state index contributed by atoms with van der Waals surface area (Å²) in [5, 5.41) is 3.07. The molecule has 1 rings (SSSR count). The maximum atomic E-state index is 11.5. The van der Waals surface area contributed by atoms with E-state index in [1.165, 1.54) is 7.05 Å². The van der Waals surface area contributed by atoms with Gasteiger partial charge in [0.25, 0.3) is 0 Å². The van der Waals surface area contributed by atoms with Gasteiger partial charge in [-0.25, -0.2) is 13.1 Å². The van der Waals surface area contributed by atoms with Gasteiger partial charge in [0.15, 0.2) is 0 Å². The molecule has 0 aliphatic carbocycles. The van der Waals surface area contributed by atoms with Gasteiger partial charge < -0.3 is 10.2 Å². The molecule has 6 heteroatoms. The molecule has 0 bridgehead atoms. The van der Waals surface area contributed by atoms with E-state index in [4.69, 9.17) is 0 Å². The quantitative estimate of drug-likeness (QED) is 0.767. The Morgan fingerprint density at radius 2 is 1.76 bits per heavy atom. The summed E-state index contributed by atoms with van der Waals surface area (Å²) in [4.78, 5) is 2.34. The highest BCUT2D eigenvalue weighted by atomic mass is 32.2. The Hall–Kier alpha value is -1.11. The van der Waals surface area contributed by atoms with E-state index in [1.807, 2.05) is 14.1 Å². The lowest BCUT2D eigenvalue weighted by molar-refractivity contribution is 0.588. The molecule has 0 heterocycles. The SMILES string of the molecule is CNCCN(C)c1ccc(S(=O)(=O)NC)cc1. The van der Waals surface area contributed by atoms with E-state index in [0.717, 1.165) is 18.8 Å². The van der Waals surface area contributed by atoms with Gasteiger partial charge in [-0.15, -0.1) is 0 Å². The molecule has 17 heavy (non-hydrogen) atoms. The third-order valence-electron chi connectivity index (χ3n) is 2.55. The van der Waals surface area contributed by atoms with Crippen molar-refractivity contribution >= 4 is 15.7 Å². The summed E-state index contributed by atoms with van der Waals surface area (Å²) in [7, 11) is 1.94. The molecule has 96 valence electrons. The number of sulfonamides is 1. The second-order valence-electron chi connectivity index (χ2n) is 3.73. The van der Waals surface area contributed by atoms with Gasteiger partial charge in [-0.2, -0.15) is 0 Å². The maximum Gasteiger partial charge on any atom is 0.240 e. The average molecular weight is 257 g/mol. The fourth-order valence-electron chi connectivity index (χ4n) is 1.41. The van der Waals surface area contributed by atoms with E-state index in [1.54, 1.807) is 24.3 Å². The number of hydrogen-bond acceptors (Lipinski definition) is 4. The zero-order valence-electron chi connectivity index (χ0n) is 10.4. The standard InChI is InChI=1S/C11H19N3O2S/c1-12-8-9-14(3)10-4-6-11(7-5-10)17(15,16)13-2/h4-7,12-13H,8-9H2,1-3H3. The number of likely N-dealkylation sites (N-methyl/N-ethyl adjacent to an activating group) is 2. The number of rotatable bonds is 6. The molecule has 0 spiro atoms.